The van der Waals surface area contributed by atoms with Crippen LogP contribution in [0.25, 0.3) is 0 Å². The second kappa shape index (κ2) is 6.67. The number of aliphatic hydroxyl groups excluding tert-OH is 1. The number of ether oxygens (including phenoxy) is 3. The third kappa shape index (κ3) is 3.35. The second-order valence-electron chi connectivity index (χ2n) is 7.65. The molecule has 6 nitrogen and oxygen atoms in total. The number of carbonyl (C=O) groups is 2. The van der Waals surface area contributed by atoms with Crippen molar-refractivity contribution in [3.05, 3.63) is 35.5 Å². The molecule has 0 radical (unpaired) electrons. The minimum absolute atomic E-state index is 0.191. The second-order valence-corrected chi connectivity index (χ2v) is 7.65. The summed E-state index contributed by atoms with van der Waals surface area (Å²) in [6.07, 6.45) is 2.53. The quantitative estimate of drug-likeness (QED) is 0.351. The van der Waals surface area contributed by atoms with E-state index in [1.165, 1.54) is 0 Å². The van der Waals surface area contributed by atoms with Crippen LogP contribution in [-0.4, -0.2) is 47.1 Å². The predicted octanol–water partition coefficient (Wildman–Crippen LogP) is 2.22. The molecule has 0 aromatic carbocycles. The van der Waals surface area contributed by atoms with E-state index < -0.39 is 41.8 Å². The van der Waals surface area contributed by atoms with Crippen molar-refractivity contribution < 1.29 is 28.9 Å². The number of esters is 2. The van der Waals surface area contributed by atoms with E-state index in [1.54, 1.807) is 19.9 Å². The third-order valence-corrected chi connectivity index (χ3v) is 5.63. The van der Waals surface area contributed by atoms with Gasteiger partial charge in [0.15, 0.2) is 5.60 Å². The maximum atomic E-state index is 12.6. The minimum atomic E-state index is -0.935. The van der Waals surface area contributed by atoms with Crippen molar-refractivity contribution >= 4 is 11.9 Å². The first-order valence-electron chi connectivity index (χ1n) is 8.94. The molecule has 3 rings (SSSR count). The molecule has 2 heterocycles. The molecule has 26 heavy (non-hydrogen) atoms. The molecule has 142 valence electrons. The van der Waals surface area contributed by atoms with Crippen LogP contribution in [0.15, 0.2) is 35.5 Å². The van der Waals surface area contributed by atoms with Gasteiger partial charge < -0.3 is 19.3 Å². The van der Waals surface area contributed by atoms with Crippen molar-refractivity contribution in [2.45, 2.75) is 70.6 Å². The zero-order valence-electron chi connectivity index (χ0n) is 15.7. The van der Waals surface area contributed by atoms with E-state index in [4.69, 9.17) is 14.2 Å². The van der Waals surface area contributed by atoms with Crippen molar-refractivity contribution in [2.24, 2.45) is 5.92 Å². The summed E-state index contributed by atoms with van der Waals surface area (Å²) >= 11 is 0. The summed E-state index contributed by atoms with van der Waals surface area (Å²) in [6, 6.07) is 0. The SMILES string of the molecule is C=C1C(=O)O[C@H]2/C=C(/C)[C@@H](O)C/C=C(/C)C[C@@H](OC(=O)[C@@]3(C)O[C@H]3C)[C@H]12. The Morgan fingerprint density at radius 2 is 2.08 bits per heavy atom. The first kappa shape index (κ1) is 18.9. The Morgan fingerprint density at radius 1 is 1.42 bits per heavy atom. The minimum Gasteiger partial charge on any atom is -0.459 e. The van der Waals surface area contributed by atoms with E-state index in [9.17, 15) is 14.7 Å². The van der Waals surface area contributed by atoms with Gasteiger partial charge in [-0.25, -0.2) is 9.59 Å². The summed E-state index contributed by atoms with van der Waals surface area (Å²) in [5, 5.41) is 10.2. The molecule has 0 aromatic rings. The molecular formula is C20H26O6. The van der Waals surface area contributed by atoms with Crippen LogP contribution in [0.2, 0.25) is 0 Å². The van der Waals surface area contributed by atoms with Gasteiger partial charge in [-0.05, 0) is 45.8 Å². The van der Waals surface area contributed by atoms with E-state index >= 15 is 0 Å². The molecule has 1 N–H and O–H groups in total. The molecule has 0 spiro atoms. The van der Waals surface area contributed by atoms with Crippen LogP contribution >= 0.6 is 0 Å². The van der Waals surface area contributed by atoms with Gasteiger partial charge in [0, 0.05) is 12.0 Å². The maximum absolute atomic E-state index is 12.6. The molecule has 2 fully saturated rings. The van der Waals surface area contributed by atoms with Gasteiger partial charge >= 0.3 is 11.9 Å². The summed E-state index contributed by atoms with van der Waals surface area (Å²) in [7, 11) is 0. The Labute approximate surface area is 153 Å². The van der Waals surface area contributed by atoms with Crippen molar-refractivity contribution in [1.29, 1.82) is 0 Å². The molecule has 2 saturated heterocycles. The normalized spacial score (nSPS) is 44.1. The number of carbonyl (C=O) groups excluding carboxylic acids is 2. The lowest BCUT2D eigenvalue weighted by atomic mass is 9.85. The highest BCUT2D eigenvalue weighted by Gasteiger charge is 2.58. The monoisotopic (exact) mass is 362 g/mol. The van der Waals surface area contributed by atoms with Crippen molar-refractivity contribution in [1.82, 2.24) is 0 Å². The fourth-order valence-electron chi connectivity index (χ4n) is 3.49. The van der Waals surface area contributed by atoms with E-state index in [0.29, 0.717) is 18.4 Å². The highest BCUT2D eigenvalue weighted by Crippen LogP contribution is 2.40. The van der Waals surface area contributed by atoms with Gasteiger partial charge in [0.25, 0.3) is 0 Å². The average Bonchev–Trinajstić information content (AvgIpc) is 3.09. The van der Waals surface area contributed by atoms with Gasteiger partial charge in [0.1, 0.15) is 12.2 Å². The van der Waals surface area contributed by atoms with Crippen LogP contribution in [0.3, 0.4) is 0 Å². The number of fused-ring (bicyclic) bond motifs is 1. The molecule has 0 unspecified atom stereocenters. The molecular weight excluding hydrogens is 336 g/mol. The van der Waals surface area contributed by atoms with Crippen molar-refractivity contribution in [3.63, 3.8) is 0 Å². The van der Waals surface area contributed by atoms with Crippen LogP contribution in [0.1, 0.15) is 40.5 Å². The summed E-state index contributed by atoms with van der Waals surface area (Å²) < 4.78 is 16.6. The van der Waals surface area contributed by atoms with Gasteiger partial charge in [-0.15, -0.1) is 0 Å². The molecule has 0 aromatic heterocycles. The highest BCUT2D eigenvalue weighted by molar-refractivity contribution is 5.91. The van der Waals surface area contributed by atoms with E-state index in [2.05, 4.69) is 6.58 Å². The van der Waals surface area contributed by atoms with Crippen LogP contribution < -0.4 is 0 Å². The summed E-state index contributed by atoms with van der Waals surface area (Å²) in [6.45, 7) is 11.1. The number of aliphatic hydroxyl groups is 1. The van der Waals surface area contributed by atoms with Gasteiger partial charge in [0.2, 0.25) is 0 Å². The lowest BCUT2D eigenvalue weighted by Gasteiger charge is -2.28. The van der Waals surface area contributed by atoms with Crippen LogP contribution in [-0.2, 0) is 23.8 Å². The lowest BCUT2D eigenvalue weighted by Crippen LogP contribution is -2.37. The zero-order chi connectivity index (χ0) is 19.2. The highest BCUT2D eigenvalue weighted by atomic mass is 16.7. The molecule has 6 atom stereocenters. The fraction of sp³-hybridized carbons (Fsp3) is 0.600. The summed E-state index contributed by atoms with van der Waals surface area (Å²) in [5.41, 5.74) is 1.03. The first-order valence-corrected chi connectivity index (χ1v) is 8.94. The Morgan fingerprint density at radius 3 is 2.69 bits per heavy atom. The summed E-state index contributed by atoms with van der Waals surface area (Å²) in [5.74, 6) is -1.43. The Kier molecular flexibility index (Phi) is 4.84. The van der Waals surface area contributed by atoms with Crippen molar-refractivity contribution in [2.75, 3.05) is 0 Å². The van der Waals surface area contributed by atoms with Crippen LogP contribution in [0, 0.1) is 5.92 Å². The van der Waals surface area contributed by atoms with Crippen LogP contribution in [0.5, 0.6) is 0 Å². The topological polar surface area (TPSA) is 85.4 Å². The molecule has 1 aliphatic carbocycles. The smallest absolute Gasteiger partial charge is 0.341 e. The van der Waals surface area contributed by atoms with Gasteiger partial charge in [0.05, 0.1) is 18.1 Å². The number of hydrogen-bond acceptors (Lipinski definition) is 6. The van der Waals surface area contributed by atoms with Gasteiger partial charge in [-0.2, -0.15) is 0 Å². The number of rotatable bonds is 2. The lowest BCUT2D eigenvalue weighted by molar-refractivity contribution is -0.157. The molecule has 3 aliphatic rings. The number of hydrogen-bond donors (Lipinski definition) is 1. The molecule has 0 amide bonds. The fourth-order valence-corrected chi connectivity index (χ4v) is 3.49. The van der Waals surface area contributed by atoms with Gasteiger partial charge in [-0.1, -0.05) is 18.2 Å². The maximum Gasteiger partial charge on any atom is 0.341 e. The summed E-state index contributed by atoms with van der Waals surface area (Å²) in [4.78, 5) is 24.7. The van der Waals surface area contributed by atoms with Crippen molar-refractivity contribution in [3.8, 4) is 0 Å². The van der Waals surface area contributed by atoms with E-state index in [1.807, 2.05) is 19.9 Å². The molecule has 0 bridgehead atoms. The molecule has 6 heteroatoms. The Bertz CT molecular complexity index is 705. The van der Waals surface area contributed by atoms with E-state index in [0.717, 1.165) is 5.57 Å². The first-order chi connectivity index (χ1) is 12.1. The van der Waals surface area contributed by atoms with Gasteiger partial charge in [-0.3, -0.25) is 0 Å². The number of epoxide rings is 1. The Balaban J connectivity index is 1.93. The molecule has 2 aliphatic heterocycles. The van der Waals surface area contributed by atoms with E-state index in [-0.39, 0.29) is 11.7 Å². The largest absolute Gasteiger partial charge is 0.459 e. The third-order valence-electron chi connectivity index (χ3n) is 5.63. The zero-order valence-corrected chi connectivity index (χ0v) is 15.7. The predicted molar refractivity (Wildman–Crippen MR) is 94.1 cm³/mol. The molecule has 0 saturated carbocycles. The Hall–Kier alpha value is -1.92. The van der Waals surface area contributed by atoms with Crippen LogP contribution in [0.4, 0.5) is 0 Å². The standard InChI is InChI=1S/C20H26O6/c1-10-6-7-14(21)11(2)9-16-17(12(3)18(22)24-16)15(8-10)25-19(23)20(5)13(4)26-20/h6,9,13-17,21H,3,7-8H2,1-2,4-5H3/b10-6-,11-9-/t13-,14-,15+,16-,17-,20-/m0/s1. The average molecular weight is 362 g/mol.